The topological polar surface area (TPSA) is 91.1 Å². The third-order valence-corrected chi connectivity index (χ3v) is 3.30. The Hall–Kier alpha value is -2.30. The highest BCUT2D eigenvalue weighted by molar-refractivity contribution is 5.97. The molecule has 1 unspecified atom stereocenters. The highest BCUT2D eigenvalue weighted by Gasteiger charge is 2.40. The number of nitrogens with zero attached hydrogens (tertiary/aromatic N) is 1. The van der Waals surface area contributed by atoms with E-state index in [1.54, 1.807) is 18.2 Å². The van der Waals surface area contributed by atoms with E-state index in [9.17, 15) is 9.59 Å². The summed E-state index contributed by atoms with van der Waals surface area (Å²) in [5.41, 5.74) is 11.0. The summed E-state index contributed by atoms with van der Waals surface area (Å²) in [6, 6.07) is 3.65. The zero-order valence-electron chi connectivity index (χ0n) is 10.1. The average Bonchev–Trinajstić information content (AvgIpc) is 2.75. The number of primary amides is 2. The Balaban J connectivity index is 2.53. The molecule has 2 rings (SSSR count). The van der Waals surface area contributed by atoms with Crippen molar-refractivity contribution in [1.29, 1.82) is 0 Å². The lowest BCUT2D eigenvalue weighted by atomic mass is 9.74. The first-order valence-corrected chi connectivity index (χ1v) is 5.57. The molecule has 4 N–H and O–H groups in total. The van der Waals surface area contributed by atoms with Gasteiger partial charge in [0.25, 0.3) is 0 Å². The van der Waals surface area contributed by atoms with Gasteiger partial charge in [-0.05, 0) is 12.1 Å². The molecule has 1 aliphatic rings. The van der Waals surface area contributed by atoms with Gasteiger partial charge in [0.05, 0.1) is 0 Å². The minimum Gasteiger partial charge on any atom is -0.369 e. The second-order valence-electron chi connectivity index (χ2n) is 4.43. The van der Waals surface area contributed by atoms with E-state index in [2.05, 4.69) is 0 Å². The second-order valence-corrected chi connectivity index (χ2v) is 4.43. The van der Waals surface area contributed by atoms with Gasteiger partial charge in [-0.1, -0.05) is 18.2 Å². The van der Waals surface area contributed by atoms with Gasteiger partial charge in [-0.25, -0.2) is 0 Å². The third kappa shape index (κ3) is 1.73. The lowest BCUT2D eigenvalue weighted by molar-refractivity contribution is -0.122. The van der Waals surface area contributed by atoms with Gasteiger partial charge in [-0.3, -0.25) is 9.59 Å². The number of hydrogen-bond donors (Lipinski definition) is 2. The molecule has 18 heavy (non-hydrogen) atoms. The van der Waals surface area contributed by atoms with E-state index in [0.717, 1.165) is 5.69 Å². The summed E-state index contributed by atoms with van der Waals surface area (Å²) in [7, 11) is 1.83. The molecule has 0 fully saturated rings. The van der Waals surface area contributed by atoms with Crippen LogP contribution in [0.4, 0.5) is 0 Å². The molecule has 5 heteroatoms. The maximum absolute atomic E-state index is 11.9. The van der Waals surface area contributed by atoms with Gasteiger partial charge >= 0.3 is 0 Å². The molecule has 94 valence electrons. The van der Waals surface area contributed by atoms with E-state index in [1.807, 2.05) is 29.9 Å². The molecular weight excluding hydrogens is 230 g/mol. The summed E-state index contributed by atoms with van der Waals surface area (Å²) < 4.78 is 1.82. The number of carbonyl (C=O) groups is 2. The Kier molecular flexibility index (Phi) is 2.82. The third-order valence-electron chi connectivity index (χ3n) is 3.30. The van der Waals surface area contributed by atoms with Crippen molar-refractivity contribution in [3.05, 3.63) is 47.8 Å². The summed E-state index contributed by atoms with van der Waals surface area (Å²) in [5.74, 6) is -1.02. The number of hydrogen-bond acceptors (Lipinski definition) is 2. The minimum absolute atomic E-state index is 0.200. The van der Waals surface area contributed by atoms with Gasteiger partial charge in [0.2, 0.25) is 11.8 Å². The predicted molar refractivity (Wildman–Crippen MR) is 67.3 cm³/mol. The van der Waals surface area contributed by atoms with Crippen molar-refractivity contribution in [3.63, 3.8) is 0 Å². The van der Waals surface area contributed by atoms with E-state index in [1.165, 1.54) is 0 Å². The molecule has 0 saturated carbocycles. The molecule has 1 atom stereocenters. The first-order valence-electron chi connectivity index (χ1n) is 5.57. The van der Waals surface area contributed by atoms with Gasteiger partial charge in [-0.2, -0.15) is 0 Å². The number of amides is 2. The lowest BCUT2D eigenvalue weighted by Crippen LogP contribution is -2.43. The Morgan fingerprint density at radius 2 is 2.11 bits per heavy atom. The highest BCUT2D eigenvalue weighted by Crippen LogP contribution is 2.35. The Morgan fingerprint density at radius 3 is 2.61 bits per heavy atom. The molecule has 1 aromatic heterocycles. The fourth-order valence-electron chi connectivity index (χ4n) is 2.31. The fourth-order valence-corrected chi connectivity index (χ4v) is 2.31. The van der Waals surface area contributed by atoms with Crippen LogP contribution in [-0.4, -0.2) is 16.4 Å². The Morgan fingerprint density at radius 1 is 1.39 bits per heavy atom. The maximum atomic E-state index is 11.9. The van der Waals surface area contributed by atoms with Gasteiger partial charge in [0.15, 0.2) is 0 Å². The lowest BCUT2D eigenvalue weighted by Gasteiger charge is -2.30. The summed E-state index contributed by atoms with van der Waals surface area (Å²) >= 11 is 0. The van der Waals surface area contributed by atoms with Crippen LogP contribution in [0.15, 0.2) is 42.1 Å². The van der Waals surface area contributed by atoms with Gasteiger partial charge in [0, 0.05) is 30.9 Å². The fraction of sp³-hybridized carbons (Fsp3) is 0.231. The molecule has 1 aromatic rings. The molecule has 0 aromatic carbocycles. The van der Waals surface area contributed by atoms with Crippen molar-refractivity contribution < 1.29 is 9.59 Å². The van der Waals surface area contributed by atoms with Crippen LogP contribution in [-0.2, 0) is 22.1 Å². The van der Waals surface area contributed by atoms with Gasteiger partial charge in [0.1, 0.15) is 5.41 Å². The van der Waals surface area contributed by atoms with Crippen LogP contribution in [0.1, 0.15) is 12.1 Å². The van der Waals surface area contributed by atoms with E-state index >= 15 is 0 Å². The largest absolute Gasteiger partial charge is 0.369 e. The van der Waals surface area contributed by atoms with Gasteiger partial charge < -0.3 is 16.0 Å². The standard InChI is InChI=1S/C13H15N3O2/c1-16-7-3-5-10(16)13(12(15)18)6-2-4-9(8-13)11(14)17/h2-7H,8H2,1H3,(H2,14,17)(H2,15,18). The number of aryl methyl sites for hydroxylation is 1. The van der Waals surface area contributed by atoms with Gasteiger partial charge in [-0.15, -0.1) is 0 Å². The monoisotopic (exact) mass is 245 g/mol. The van der Waals surface area contributed by atoms with E-state index < -0.39 is 17.2 Å². The number of nitrogens with two attached hydrogens (primary N) is 2. The van der Waals surface area contributed by atoms with Crippen LogP contribution in [0.3, 0.4) is 0 Å². The zero-order chi connectivity index (χ0) is 13.3. The van der Waals surface area contributed by atoms with Crippen molar-refractivity contribution in [3.8, 4) is 0 Å². The van der Waals surface area contributed by atoms with Crippen molar-refractivity contribution >= 4 is 11.8 Å². The summed E-state index contributed by atoms with van der Waals surface area (Å²) in [5, 5.41) is 0. The molecule has 0 saturated heterocycles. The zero-order valence-corrected chi connectivity index (χ0v) is 10.1. The van der Waals surface area contributed by atoms with Crippen molar-refractivity contribution in [1.82, 2.24) is 4.57 Å². The Bertz CT molecular complexity index is 569. The molecular formula is C13H15N3O2. The van der Waals surface area contributed by atoms with Crippen LogP contribution in [0.25, 0.3) is 0 Å². The number of carbonyl (C=O) groups excluding carboxylic acids is 2. The van der Waals surface area contributed by atoms with E-state index in [-0.39, 0.29) is 6.42 Å². The minimum atomic E-state index is -1.00. The van der Waals surface area contributed by atoms with Crippen LogP contribution in [0.5, 0.6) is 0 Å². The van der Waals surface area contributed by atoms with Crippen LogP contribution in [0, 0.1) is 0 Å². The number of allylic oxidation sites excluding steroid dienone is 2. The highest BCUT2D eigenvalue weighted by atomic mass is 16.1. The predicted octanol–water partition coefficient (Wildman–Crippen LogP) is 0.120. The van der Waals surface area contributed by atoms with Crippen LogP contribution in [0.2, 0.25) is 0 Å². The summed E-state index contributed by atoms with van der Waals surface area (Å²) in [6.07, 6.45) is 7.02. The molecule has 0 bridgehead atoms. The average molecular weight is 245 g/mol. The second kappa shape index (κ2) is 4.18. The van der Waals surface area contributed by atoms with Crippen molar-refractivity contribution in [2.45, 2.75) is 11.8 Å². The van der Waals surface area contributed by atoms with Crippen LogP contribution < -0.4 is 11.5 Å². The number of rotatable bonds is 3. The SMILES string of the molecule is Cn1cccc1C1(C(N)=O)C=CC=C(C(N)=O)C1. The normalized spacial score (nSPS) is 22.6. The molecule has 0 aliphatic heterocycles. The summed E-state index contributed by atoms with van der Waals surface area (Å²) in [4.78, 5) is 23.2. The van der Waals surface area contributed by atoms with Crippen molar-refractivity contribution in [2.75, 3.05) is 0 Å². The molecule has 0 radical (unpaired) electrons. The Labute approximate surface area is 105 Å². The van der Waals surface area contributed by atoms with Crippen molar-refractivity contribution in [2.24, 2.45) is 18.5 Å². The summed E-state index contributed by atoms with van der Waals surface area (Å²) in [6.45, 7) is 0. The molecule has 5 nitrogen and oxygen atoms in total. The van der Waals surface area contributed by atoms with E-state index in [0.29, 0.717) is 5.57 Å². The molecule has 0 spiro atoms. The molecule has 1 aliphatic carbocycles. The van der Waals surface area contributed by atoms with Crippen LogP contribution >= 0.6 is 0 Å². The quantitative estimate of drug-likeness (QED) is 0.791. The first kappa shape index (κ1) is 12.2. The number of aromatic nitrogens is 1. The van der Waals surface area contributed by atoms with E-state index in [4.69, 9.17) is 11.5 Å². The first-order chi connectivity index (χ1) is 8.47. The molecule has 2 amide bonds. The maximum Gasteiger partial charge on any atom is 0.244 e. The molecule has 1 heterocycles. The smallest absolute Gasteiger partial charge is 0.244 e.